The molecule has 0 heterocycles. The second kappa shape index (κ2) is 5.31. The highest BCUT2D eigenvalue weighted by Crippen LogP contribution is 2.35. The number of sulfonamides is 1. The summed E-state index contributed by atoms with van der Waals surface area (Å²) in [5.41, 5.74) is 5.03. The molecule has 0 amide bonds. The zero-order valence-corrected chi connectivity index (χ0v) is 12.5. The van der Waals surface area contributed by atoms with Crippen LogP contribution in [0.1, 0.15) is 19.3 Å². The van der Waals surface area contributed by atoms with Gasteiger partial charge in [-0.2, -0.15) is 0 Å². The smallest absolute Gasteiger partial charge is 0.242 e. The molecule has 0 aliphatic heterocycles. The van der Waals surface area contributed by atoms with Crippen LogP contribution in [0.4, 0.5) is 10.1 Å². The van der Waals surface area contributed by atoms with E-state index in [0.29, 0.717) is 6.54 Å². The van der Waals surface area contributed by atoms with Crippen molar-refractivity contribution in [1.29, 1.82) is 0 Å². The molecule has 0 unspecified atom stereocenters. The van der Waals surface area contributed by atoms with E-state index < -0.39 is 15.8 Å². The van der Waals surface area contributed by atoms with Crippen LogP contribution >= 0.6 is 0 Å². The number of nitrogens with one attached hydrogen (secondary N) is 1. The van der Waals surface area contributed by atoms with Gasteiger partial charge in [0.25, 0.3) is 0 Å². The van der Waals surface area contributed by atoms with Crippen LogP contribution in [0.5, 0.6) is 0 Å². The van der Waals surface area contributed by atoms with Crippen LogP contribution in [0.3, 0.4) is 0 Å². The SMILES string of the molecule is CN(C)C1(CNS(=O)(=O)c2cccc(F)c2N)CCC1. The fourth-order valence-electron chi connectivity index (χ4n) is 2.43. The van der Waals surface area contributed by atoms with E-state index in [2.05, 4.69) is 4.72 Å². The van der Waals surface area contributed by atoms with E-state index in [1.807, 2.05) is 19.0 Å². The van der Waals surface area contributed by atoms with Crippen LogP contribution in [-0.4, -0.2) is 39.5 Å². The standard InChI is InChI=1S/C13H20FN3O2S/c1-17(2)13(7-4-8-13)9-16-20(18,19)11-6-3-5-10(14)12(11)15/h3,5-6,16H,4,7-9,15H2,1-2H3. The highest BCUT2D eigenvalue weighted by molar-refractivity contribution is 7.89. The Morgan fingerprint density at radius 2 is 2.05 bits per heavy atom. The second-order valence-electron chi connectivity index (χ2n) is 5.45. The number of rotatable bonds is 5. The van der Waals surface area contributed by atoms with E-state index in [-0.39, 0.29) is 16.1 Å². The molecule has 1 aromatic rings. The number of halogens is 1. The molecule has 1 saturated carbocycles. The molecule has 1 fully saturated rings. The van der Waals surface area contributed by atoms with Gasteiger partial charge in [0, 0.05) is 12.1 Å². The minimum Gasteiger partial charge on any atom is -0.395 e. The molecule has 3 N–H and O–H groups in total. The fourth-order valence-corrected chi connectivity index (χ4v) is 3.68. The summed E-state index contributed by atoms with van der Waals surface area (Å²) in [6, 6.07) is 3.79. The highest BCUT2D eigenvalue weighted by Gasteiger charge is 2.40. The van der Waals surface area contributed by atoms with Gasteiger partial charge < -0.3 is 10.6 Å². The first-order valence-electron chi connectivity index (χ1n) is 6.50. The first-order valence-corrected chi connectivity index (χ1v) is 7.98. The summed E-state index contributed by atoms with van der Waals surface area (Å²) in [4.78, 5) is 1.83. The molecule has 0 atom stereocenters. The van der Waals surface area contributed by atoms with Crippen LogP contribution in [-0.2, 0) is 10.0 Å². The van der Waals surface area contributed by atoms with Crippen molar-refractivity contribution in [3.8, 4) is 0 Å². The number of nitrogen functional groups attached to an aromatic ring is 1. The van der Waals surface area contributed by atoms with E-state index in [4.69, 9.17) is 5.73 Å². The van der Waals surface area contributed by atoms with Crippen molar-refractivity contribution in [2.24, 2.45) is 0 Å². The van der Waals surface area contributed by atoms with Gasteiger partial charge in [0.05, 0.1) is 5.69 Å². The predicted octanol–water partition coefficient (Wildman–Crippen LogP) is 1.17. The third kappa shape index (κ3) is 2.65. The topological polar surface area (TPSA) is 75.4 Å². The van der Waals surface area contributed by atoms with Gasteiger partial charge in [-0.3, -0.25) is 0 Å². The second-order valence-corrected chi connectivity index (χ2v) is 7.18. The van der Waals surface area contributed by atoms with E-state index in [9.17, 15) is 12.8 Å². The lowest BCUT2D eigenvalue weighted by atomic mass is 9.76. The molecule has 1 aliphatic rings. The maximum atomic E-state index is 13.4. The summed E-state index contributed by atoms with van der Waals surface area (Å²) >= 11 is 0. The molecule has 0 spiro atoms. The molecular formula is C13H20FN3O2S. The minimum atomic E-state index is -3.80. The van der Waals surface area contributed by atoms with Crippen LogP contribution in [0.2, 0.25) is 0 Å². The Morgan fingerprint density at radius 3 is 2.55 bits per heavy atom. The zero-order chi connectivity index (χ0) is 15.0. The van der Waals surface area contributed by atoms with E-state index in [0.717, 1.165) is 25.3 Å². The normalized spacial score (nSPS) is 18.0. The Hall–Kier alpha value is -1.18. The Balaban J connectivity index is 2.18. The van der Waals surface area contributed by atoms with E-state index in [1.54, 1.807) is 0 Å². The lowest BCUT2D eigenvalue weighted by Crippen LogP contribution is -2.57. The van der Waals surface area contributed by atoms with Crippen molar-refractivity contribution in [2.45, 2.75) is 29.7 Å². The van der Waals surface area contributed by atoms with Crippen LogP contribution in [0, 0.1) is 5.82 Å². The molecule has 7 heteroatoms. The average molecular weight is 301 g/mol. The molecule has 112 valence electrons. The van der Waals surface area contributed by atoms with Gasteiger partial charge in [-0.15, -0.1) is 0 Å². The van der Waals surface area contributed by atoms with E-state index >= 15 is 0 Å². The highest BCUT2D eigenvalue weighted by atomic mass is 32.2. The maximum Gasteiger partial charge on any atom is 0.242 e. The molecule has 20 heavy (non-hydrogen) atoms. The van der Waals surface area contributed by atoms with Gasteiger partial charge in [-0.05, 0) is 45.5 Å². The van der Waals surface area contributed by atoms with Crippen molar-refractivity contribution in [1.82, 2.24) is 9.62 Å². The number of hydrogen-bond acceptors (Lipinski definition) is 4. The number of likely N-dealkylation sites (N-methyl/N-ethyl adjacent to an activating group) is 1. The lowest BCUT2D eigenvalue weighted by Gasteiger charge is -2.47. The molecule has 5 nitrogen and oxygen atoms in total. The summed E-state index contributed by atoms with van der Waals surface area (Å²) in [5, 5.41) is 0. The molecule has 2 rings (SSSR count). The minimum absolute atomic E-state index is 0.144. The number of nitrogens with zero attached hydrogens (tertiary/aromatic N) is 1. The molecule has 0 bridgehead atoms. The third-order valence-electron chi connectivity index (χ3n) is 4.13. The summed E-state index contributed by atoms with van der Waals surface area (Å²) < 4.78 is 40.4. The average Bonchev–Trinajstić information content (AvgIpc) is 2.30. The fraction of sp³-hybridized carbons (Fsp3) is 0.538. The van der Waals surface area contributed by atoms with Crippen molar-refractivity contribution in [2.75, 3.05) is 26.4 Å². The maximum absolute atomic E-state index is 13.4. The molecule has 0 saturated heterocycles. The Bertz CT molecular complexity index is 598. The quantitative estimate of drug-likeness (QED) is 0.801. The van der Waals surface area contributed by atoms with Crippen molar-refractivity contribution in [3.63, 3.8) is 0 Å². The largest absolute Gasteiger partial charge is 0.395 e. The first kappa shape index (κ1) is 15.2. The zero-order valence-electron chi connectivity index (χ0n) is 11.7. The summed E-state index contributed by atoms with van der Waals surface area (Å²) in [6.07, 6.45) is 2.98. The third-order valence-corrected chi connectivity index (χ3v) is 5.59. The summed E-state index contributed by atoms with van der Waals surface area (Å²) in [6.45, 7) is 0.304. The van der Waals surface area contributed by atoms with Crippen molar-refractivity contribution in [3.05, 3.63) is 24.0 Å². The Morgan fingerprint density at radius 1 is 1.40 bits per heavy atom. The van der Waals surface area contributed by atoms with Crippen LogP contribution < -0.4 is 10.5 Å². The number of para-hydroxylation sites is 1. The molecule has 1 aliphatic carbocycles. The number of hydrogen-bond donors (Lipinski definition) is 2. The van der Waals surface area contributed by atoms with Gasteiger partial charge in [0.1, 0.15) is 10.7 Å². The molecule has 0 aromatic heterocycles. The monoisotopic (exact) mass is 301 g/mol. The lowest BCUT2D eigenvalue weighted by molar-refractivity contribution is 0.0657. The number of anilines is 1. The number of nitrogens with two attached hydrogens (primary N) is 1. The number of benzene rings is 1. The molecule has 0 radical (unpaired) electrons. The molecule has 1 aromatic carbocycles. The molecular weight excluding hydrogens is 281 g/mol. The van der Waals surface area contributed by atoms with Crippen molar-refractivity contribution < 1.29 is 12.8 Å². The Kier molecular flexibility index (Phi) is 4.04. The van der Waals surface area contributed by atoms with Gasteiger partial charge >= 0.3 is 0 Å². The van der Waals surface area contributed by atoms with Crippen LogP contribution in [0.25, 0.3) is 0 Å². The van der Waals surface area contributed by atoms with Gasteiger partial charge in [-0.25, -0.2) is 17.5 Å². The Labute approximate surface area is 119 Å². The summed E-state index contributed by atoms with van der Waals surface area (Å²) in [5.74, 6) is -0.723. The van der Waals surface area contributed by atoms with Gasteiger partial charge in [0.2, 0.25) is 10.0 Å². The predicted molar refractivity (Wildman–Crippen MR) is 76.3 cm³/mol. The van der Waals surface area contributed by atoms with Gasteiger partial charge in [-0.1, -0.05) is 6.07 Å². The van der Waals surface area contributed by atoms with Crippen molar-refractivity contribution >= 4 is 15.7 Å². The summed E-state index contributed by atoms with van der Waals surface area (Å²) in [7, 11) is 0.0710. The first-order chi connectivity index (χ1) is 9.28. The van der Waals surface area contributed by atoms with Gasteiger partial charge in [0.15, 0.2) is 0 Å². The van der Waals surface area contributed by atoms with Crippen LogP contribution in [0.15, 0.2) is 23.1 Å². The van der Waals surface area contributed by atoms with E-state index in [1.165, 1.54) is 12.1 Å².